The van der Waals surface area contributed by atoms with E-state index in [4.69, 9.17) is 35.4 Å². The highest BCUT2D eigenvalue weighted by atomic mass is 35.5. The van der Waals surface area contributed by atoms with E-state index >= 15 is 0 Å². The number of rotatable bonds is 4. The molecule has 0 bridgehead atoms. The number of halogens is 5. The van der Waals surface area contributed by atoms with Crippen molar-refractivity contribution in [2.45, 2.75) is 6.18 Å². The average molecular weight is 512 g/mol. The molecule has 170 valence electrons. The summed E-state index contributed by atoms with van der Waals surface area (Å²) in [6.45, 7) is 0. The fraction of sp³-hybridized carbons (Fsp3) is 0.0455. The molecule has 0 saturated carbocycles. The predicted octanol–water partition coefficient (Wildman–Crippen LogP) is 6.39. The van der Waals surface area contributed by atoms with Crippen molar-refractivity contribution in [3.8, 4) is 0 Å². The van der Waals surface area contributed by atoms with Gasteiger partial charge in [-0.05, 0) is 72.9 Å². The Kier molecular flexibility index (Phi) is 7.57. The van der Waals surface area contributed by atoms with Crippen LogP contribution in [0.1, 0.15) is 26.3 Å². The van der Waals surface area contributed by atoms with Crippen LogP contribution in [0, 0.1) is 0 Å². The number of carbonyl (C=O) groups excluding carboxylic acids is 2. The maximum absolute atomic E-state index is 12.8. The molecule has 0 heterocycles. The highest BCUT2D eigenvalue weighted by molar-refractivity contribution is 7.80. The summed E-state index contributed by atoms with van der Waals surface area (Å²) in [7, 11) is 0. The third-order valence-electron chi connectivity index (χ3n) is 4.26. The van der Waals surface area contributed by atoms with Crippen LogP contribution >= 0.6 is 35.4 Å². The third-order valence-corrected chi connectivity index (χ3v) is 5.01. The first kappa shape index (κ1) is 24.5. The normalized spacial score (nSPS) is 10.9. The lowest BCUT2D eigenvalue weighted by Gasteiger charge is -2.12. The second kappa shape index (κ2) is 10.2. The molecule has 0 aliphatic carbocycles. The van der Waals surface area contributed by atoms with Crippen molar-refractivity contribution in [1.82, 2.24) is 5.32 Å². The van der Waals surface area contributed by atoms with E-state index in [0.29, 0.717) is 10.7 Å². The number of anilines is 2. The molecule has 0 aromatic heterocycles. The molecule has 3 aromatic rings. The summed E-state index contributed by atoms with van der Waals surface area (Å²) < 4.78 is 38.5. The lowest BCUT2D eigenvalue weighted by atomic mass is 10.1. The molecule has 0 fully saturated rings. The zero-order chi connectivity index (χ0) is 24.2. The molecule has 0 radical (unpaired) electrons. The second-order valence-electron chi connectivity index (χ2n) is 6.64. The summed E-state index contributed by atoms with van der Waals surface area (Å²) in [6.07, 6.45) is -4.51. The van der Waals surface area contributed by atoms with Gasteiger partial charge in [-0.25, -0.2) is 0 Å². The first-order valence-corrected chi connectivity index (χ1v) is 10.4. The number of benzene rings is 3. The smallest absolute Gasteiger partial charge is 0.332 e. The van der Waals surface area contributed by atoms with Crippen LogP contribution in [-0.2, 0) is 6.18 Å². The summed E-state index contributed by atoms with van der Waals surface area (Å²) in [5.41, 5.74) is 0.0166. The molecular formula is C22H14Cl2F3N3O2S. The van der Waals surface area contributed by atoms with E-state index in [1.807, 2.05) is 0 Å². The summed E-state index contributed by atoms with van der Waals surface area (Å²) in [5.74, 6) is -1.12. The Morgan fingerprint density at radius 1 is 0.818 bits per heavy atom. The van der Waals surface area contributed by atoms with Gasteiger partial charge in [-0.2, -0.15) is 13.2 Å². The van der Waals surface area contributed by atoms with Gasteiger partial charge in [-0.15, -0.1) is 0 Å². The van der Waals surface area contributed by atoms with Gasteiger partial charge in [0.15, 0.2) is 5.11 Å². The van der Waals surface area contributed by atoms with Gasteiger partial charge >= 0.3 is 6.18 Å². The van der Waals surface area contributed by atoms with E-state index in [1.165, 1.54) is 54.6 Å². The van der Waals surface area contributed by atoms with Crippen molar-refractivity contribution < 1.29 is 22.8 Å². The molecule has 11 heteroatoms. The summed E-state index contributed by atoms with van der Waals surface area (Å²) in [5, 5.41) is 8.22. The Morgan fingerprint density at radius 3 is 2.15 bits per heavy atom. The quantitative estimate of drug-likeness (QED) is 0.355. The number of alkyl halides is 3. The van der Waals surface area contributed by atoms with Crippen LogP contribution in [0.2, 0.25) is 10.0 Å². The van der Waals surface area contributed by atoms with Gasteiger partial charge in [-0.3, -0.25) is 14.9 Å². The van der Waals surface area contributed by atoms with E-state index < -0.39 is 23.6 Å². The van der Waals surface area contributed by atoms with Crippen molar-refractivity contribution >= 4 is 63.7 Å². The van der Waals surface area contributed by atoms with Gasteiger partial charge in [0.25, 0.3) is 11.8 Å². The monoisotopic (exact) mass is 511 g/mol. The molecule has 3 aromatic carbocycles. The molecular weight excluding hydrogens is 498 g/mol. The largest absolute Gasteiger partial charge is 0.416 e. The molecule has 33 heavy (non-hydrogen) atoms. The molecule has 0 aliphatic heterocycles. The zero-order valence-corrected chi connectivity index (χ0v) is 18.8. The molecule has 0 unspecified atom stereocenters. The van der Waals surface area contributed by atoms with Gasteiger partial charge in [-0.1, -0.05) is 29.3 Å². The Bertz CT molecular complexity index is 1220. The minimum Gasteiger partial charge on any atom is -0.332 e. The number of carbonyl (C=O) groups is 2. The lowest BCUT2D eigenvalue weighted by Crippen LogP contribution is -2.34. The lowest BCUT2D eigenvalue weighted by molar-refractivity contribution is -0.137. The maximum atomic E-state index is 12.8. The topological polar surface area (TPSA) is 70.2 Å². The summed E-state index contributed by atoms with van der Waals surface area (Å²) >= 11 is 16.9. The Hall–Kier alpha value is -3.14. The Morgan fingerprint density at radius 2 is 1.52 bits per heavy atom. The van der Waals surface area contributed by atoms with Crippen LogP contribution in [0.15, 0.2) is 66.7 Å². The minimum atomic E-state index is -4.51. The van der Waals surface area contributed by atoms with E-state index in [-0.39, 0.29) is 26.9 Å². The molecule has 3 N–H and O–H groups in total. The number of hydrogen-bond acceptors (Lipinski definition) is 3. The van der Waals surface area contributed by atoms with Crippen LogP contribution in [0.25, 0.3) is 0 Å². The highest BCUT2D eigenvalue weighted by Crippen LogP contribution is 2.30. The standard InChI is InChI=1S/C22H14Cl2F3N3O2S/c23-14-6-9-17(18(24)11-14)20(32)30-21(33)29-15-7-4-12(5-8-15)19(31)28-16-3-1-2-13(10-16)22(25,26)27/h1-11H,(H,28,31)(H2,29,30,32,33). The van der Waals surface area contributed by atoms with E-state index in [0.717, 1.165) is 12.1 Å². The molecule has 5 nitrogen and oxygen atoms in total. The SMILES string of the molecule is O=C(Nc1cccc(C(F)(F)F)c1)c1ccc(NC(=S)NC(=O)c2ccc(Cl)cc2Cl)cc1. The maximum Gasteiger partial charge on any atom is 0.416 e. The zero-order valence-electron chi connectivity index (χ0n) is 16.5. The Labute approximate surface area is 201 Å². The first-order chi connectivity index (χ1) is 15.5. The molecule has 2 amide bonds. The van der Waals surface area contributed by atoms with Crippen molar-refractivity contribution in [2.75, 3.05) is 10.6 Å². The van der Waals surface area contributed by atoms with Crippen molar-refractivity contribution in [3.63, 3.8) is 0 Å². The molecule has 0 spiro atoms. The first-order valence-electron chi connectivity index (χ1n) is 9.19. The minimum absolute atomic E-state index is 0.00724. The number of nitrogens with one attached hydrogen (secondary N) is 3. The van der Waals surface area contributed by atoms with Crippen LogP contribution < -0.4 is 16.0 Å². The van der Waals surface area contributed by atoms with Crippen LogP contribution in [0.4, 0.5) is 24.5 Å². The number of amides is 2. The van der Waals surface area contributed by atoms with Crippen LogP contribution in [0.3, 0.4) is 0 Å². The van der Waals surface area contributed by atoms with Gasteiger partial charge in [0.05, 0.1) is 16.1 Å². The third kappa shape index (κ3) is 6.67. The van der Waals surface area contributed by atoms with Gasteiger partial charge in [0.2, 0.25) is 0 Å². The molecule has 0 saturated heterocycles. The van der Waals surface area contributed by atoms with Crippen LogP contribution in [0.5, 0.6) is 0 Å². The molecule has 3 rings (SSSR count). The predicted molar refractivity (Wildman–Crippen MR) is 126 cm³/mol. The Balaban J connectivity index is 1.60. The van der Waals surface area contributed by atoms with Crippen LogP contribution in [-0.4, -0.2) is 16.9 Å². The van der Waals surface area contributed by atoms with Crippen molar-refractivity contribution in [1.29, 1.82) is 0 Å². The number of hydrogen-bond donors (Lipinski definition) is 3. The fourth-order valence-electron chi connectivity index (χ4n) is 2.69. The summed E-state index contributed by atoms with van der Waals surface area (Å²) in [4.78, 5) is 24.6. The average Bonchev–Trinajstić information content (AvgIpc) is 2.73. The summed E-state index contributed by atoms with van der Waals surface area (Å²) in [6, 6.07) is 14.7. The van der Waals surface area contributed by atoms with E-state index in [9.17, 15) is 22.8 Å². The van der Waals surface area contributed by atoms with Gasteiger partial charge < -0.3 is 10.6 Å². The molecule has 0 aliphatic rings. The fourth-order valence-corrected chi connectivity index (χ4v) is 3.39. The van der Waals surface area contributed by atoms with Gasteiger partial charge in [0, 0.05) is 22.0 Å². The second-order valence-corrected chi connectivity index (χ2v) is 7.89. The highest BCUT2D eigenvalue weighted by Gasteiger charge is 2.30. The molecule has 0 atom stereocenters. The van der Waals surface area contributed by atoms with Gasteiger partial charge in [0.1, 0.15) is 0 Å². The van der Waals surface area contributed by atoms with E-state index in [2.05, 4.69) is 16.0 Å². The van der Waals surface area contributed by atoms with Crippen molar-refractivity contribution in [3.05, 3.63) is 93.5 Å². The van der Waals surface area contributed by atoms with Crippen molar-refractivity contribution in [2.24, 2.45) is 0 Å². The van der Waals surface area contributed by atoms with E-state index in [1.54, 1.807) is 0 Å². The number of thiocarbonyl (C=S) groups is 1.